The molecular weight excluding hydrogens is 430 g/mol. The van der Waals surface area contributed by atoms with Crippen LogP contribution in [0.1, 0.15) is 18.9 Å². The lowest BCUT2D eigenvalue weighted by Crippen LogP contribution is -2.37. The highest BCUT2D eigenvalue weighted by Crippen LogP contribution is 2.29. The van der Waals surface area contributed by atoms with E-state index in [-0.39, 0.29) is 25.5 Å². The molecule has 1 atom stereocenters. The van der Waals surface area contributed by atoms with Crippen molar-refractivity contribution in [2.24, 2.45) is 5.73 Å². The number of cyclic esters (lactones) is 1. The van der Waals surface area contributed by atoms with E-state index < -0.39 is 30.3 Å². The highest BCUT2D eigenvalue weighted by molar-refractivity contribution is 5.90. The normalized spacial score (nSPS) is 15.3. The quantitative estimate of drug-likeness (QED) is 0.618. The number of nitrogens with zero attached hydrogens (tertiary/aromatic N) is 1. The Labute approximate surface area is 183 Å². The molecule has 3 rings (SSSR count). The molecule has 6 nitrogen and oxygen atoms in total. The molecular formula is C22H25F4N3O3. The number of rotatable bonds is 7. The molecule has 174 valence electrons. The van der Waals surface area contributed by atoms with Gasteiger partial charge in [-0.3, -0.25) is 14.1 Å². The molecule has 2 amide bonds. The van der Waals surface area contributed by atoms with E-state index in [0.717, 1.165) is 5.56 Å². The molecule has 2 aromatic rings. The van der Waals surface area contributed by atoms with Crippen LogP contribution in [0.4, 0.5) is 28.0 Å². The Morgan fingerprint density at radius 2 is 1.91 bits per heavy atom. The molecule has 2 aromatic carbocycles. The molecule has 1 unspecified atom stereocenters. The van der Waals surface area contributed by atoms with Gasteiger partial charge in [-0.05, 0) is 35.7 Å². The largest absolute Gasteiger partial charge is 0.442 e. The predicted molar refractivity (Wildman–Crippen MR) is 113 cm³/mol. The summed E-state index contributed by atoms with van der Waals surface area (Å²) in [5.74, 6) is -1.97. The molecule has 1 saturated heterocycles. The fourth-order valence-electron chi connectivity index (χ4n) is 2.86. The van der Waals surface area contributed by atoms with Gasteiger partial charge in [0.15, 0.2) is 0 Å². The molecule has 1 heterocycles. The summed E-state index contributed by atoms with van der Waals surface area (Å²) in [4.78, 5) is 24.1. The number of anilines is 1. The fourth-order valence-corrected chi connectivity index (χ4v) is 2.86. The third-order valence-electron chi connectivity index (χ3n) is 4.53. The summed E-state index contributed by atoms with van der Waals surface area (Å²) >= 11 is 0. The summed E-state index contributed by atoms with van der Waals surface area (Å²) in [6.07, 6.45) is -4.04. The van der Waals surface area contributed by atoms with Crippen LogP contribution in [-0.2, 0) is 16.1 Å². The van der Waals surface area contributed by atoms with Crippen LogP contribution < -0.4 is 16.0 Å². The number of nitrogens with two attached hydrogens (primary N) is 1. The second kappa shape index (κ2) is 12.0. The lowest BCUT2D eigenvalue weighted by Gasteiger charge is -2.15. The van der Waals surface area contributed by atoms with Gasteiger partial charge in [-0.1, -0.05) is 31.2 Å². The molecule has 0 saturated carbocycles. The van der Waals surface area contributed by atoms with Crippen molar-refractivity contribution < 1.29 is 31.9 Å². The number of hydrogen-bond donors (Lipinski definition) is 2. The Balaban J connectivity index is 0.000000837. The van der Waals surface area contributed by atoms with Crippen LogP contribution in [0.25, 0.3) is 11.1 Å². The van der Waals surface area contributed by atoms with Crippen LogP contribution in [0.2, 0.25) is 0 Å². The molecule has 0 spiro atoms. The van der Waals surface area contributed by atoms with Crippen LogP contribution in [0.5, 0.6) is 0 Å². The zero-order valence-corrected chi connectivity index (χ0v) is 17.5. The first-order chi connectivity index (χ1) is 15.3. The van der Waals surface area contributed by atoms with Gasteiger partial charge >= 0.3 is 12.5 Å². The van der Waals surface area contributed by atoms with E-state index in [4.69, 9.17) is 10.5 Å². The SMILES string of the molecule is CCCF.NCc1ccc(-c2ccc(N3CC(CNC(=O)C(F)F)OC3=O)cc2F)cc1. The second-order valence-electron chi connectivity index (χ2n) is 6.92. The topological polar surface area (TPSA) is 84.7 Å². The molecule has 0 aliphatic carbocycles. The molecule has 1 fully saturated rings. The molecule has 10 heteroatoms. The van der Waals surface area contributed by atoms with Crippen LogP contribution in [0, 0.1) is 5.82 Å². The minimum atomic E-state index is -3.14. The van der Waals surface area contributed by atoms with Gasteiger partial charge in [0.1, 0.15) is 11.9 Å². The van der Waals surface area contributed by atoms with E-state index in [9.17, 15) is 27.2 Å². The number of ether oxygens (including phenoxy) is 1. The number of halogens is 4. The Morgan fingerprint density at radius 1 is 1.25 bits per heavy atom. The molecule has 3 N–H and O–H groups in total. The number of carbonyl (C=O) groups excluding carboxylic acids is 2. The first kappa shape index (κ1) is 25.1. The molecule has 1 aliphatic heterocycles. The Kier molecular flexibility index (Phi) is 9.45. The van der Waals surface area contributed by atoms with Crippen molar-refractivity contribution in [1.82, 2.24) is 5.32 Å². The van der Waals surface area contributed by atoms with E-state index in [1.165, 1.54) is 11.0 Å². The van der Waals surface area contributed by atoms with E-state index in [0.29, 0.717) is 24.1 Å². The van der Waals surface area contributed by atoms with Gasteiger partial charge in [-0.25, -0.2) is 9.18 Å². The standard InChI is InChI=1S/C19H18F3N3O3.C3H7F/c20-16-7-13(5-6-15(16)12-3-1-11(8-23)2-4-12)25-10-14(28-19(25)27)9-24-18(26)17(21)22;1-2-3-4/h1-7,14,17H,8-10,23H2,(H,24,26);2-3H2,1H3. The van der Waals surface area contributed by atoms with E-state index in [1.807, 2.05) is 5.32 Å². The van der Waals surface area contributed by atoms with Gasteiger partial charge in [0.25, 0.3) is 5.91 Å². The number of benzene rings is 2. The second-order valence-corrected chi connectivity index (χ2v) is 6.92. The van der Waals surface area contributed by atoms with E-state index in [2.05, 4.69) is 0 Å². The maximum Gasteiger partial charge on any atom is 0.414 e. The molecule has 0 radical (unpaired) electrons. The van der Waals surface area contributed by atoms with Crippen molar-refractivity contribution in [3.8, 4) is 11.1 Å². The average molecular weight is 455 g/mol. The predicted octanol–water partition coefficient (Wildman–Crippen LogP) is 4.02. The third kappa shape index (κ3) is 6.68. The van der Waals surface area contributed by atoms with Gasteiger partial charge in [-0.15, -0.1) is 0 Å². The minimum Gasteiger partial charge on any atom is -0.442 e. The van der Waals surface area contributed by atoms with E-state index >= 15 is 0 Å². The summed E-state index contributed by atoms with van der Waals surface area (Å²) < 4.78 is 54.8. The first-order valence-corrected chi connectivity index (χ1v) is 9.99. The van der Waals surface area contributed by atoms with Crippen molar-refractivity contribution in [1.29, 1.82) is 0 Å². The van der Waals surface area contributed by atoms with E-state index in [1.54, 1.807) is 43.3 Å². The van der Waals surface area contributed by atoms with Crippen molar-refractivity contribution in [3.05, 3.63) is 53.8 Å². The highest BCUT2D eigenvalue weighted by atomic mass is 19.3. The lowest BCUT2D eigenvalue weighted by molar-refractivity contribution is -0.132. The number of nitrogens with one attached hydrogen (secondary N) is 1. The Bertz CT molecular complexity index is 908. The van der Waals surface area contributed by atoms with Gasteiger partial charge in [0.05, 0.1) is 25.5 Å². The minimum absolute atomic E-state index is 0.00628. The molecule has 32 heavy (non-hydrogen) atoms. The fraction of sp³-hybridized carbons (Fsp3) is 0.364. The monoisotopic (exact) mass is 455 g/mol. The Hall–Kier alpha value is -3.14. The maximum atomic E-state index is 14.6. The van der Waals surface area contributed by atoms with Crippen LogP contribution in [0.15, 0.2) is 42.5 Å². The van der Waals surface area contributed by atoms with Crippen LogP contribution >= 0.6 is 0 Å². The van der Waals surface area contributed by atoms with Gasteiger partial charge in [0.2, 0.25) is 0 Å². The average Bonchev–Trinajstić information content (AvgIpc) is 3.18. The maximum absolute atomic E-state index is 14.6. The van der Waals surface area contributed by atoms with Crippen LogP contribution in [0.3, 0.4) is 0 Å². The zero-order valence-electron chi connectivity index (χ0n) is 17.5. The Morgan fingerprint density at radius 3 is 2.44 bits per heavy atom. The molecule has 0 aromatic heterocycles. The summed E-state index contributed by atoms with van der Waals surface area (Å²) in [5.41, 5.74) is 7.77. The zero-order chi connectivity index (χ0) is 23.7. The summed E-state index contributed by atoms with van der Waals surface area (Å²) in [7, 11) is 0. The summed E-state index contributed by atoms with van der Waals surface area (Å²) in [5, 5.41) is 1.99. The number of carbonyl (C=O) groups is 2. The van der Waals surface area contributed by atoms with Crippen molar-refractivity contribution in [2.45, 2.75) is 32.4 Å². The van der Waals surface area contributed by atoms with Crippen molar-refractivity contribution in [2.75, 3.05) is 24.7 Å². The molecule has 1 aliphatic rings. The van der Waals surface area contributed by atoms with Gasteiger partial charge in [0, 0.05) is 12.1 Å². The van der Waals surface area contributed by atoms with Gasteiger partial charge < -0.3 is 15.8 Å². The number of hydrogen-bond acceptors (Lipinski definition) is 4. The number of alkyl halides is 3. The lowest BCUT2D eigenvalue weighted by atomic mass is 10.0. The van der Waals surface area contributed by atoms with Crippen LogP contribution in [-0.4, -0.2) is 44.3 Å². The summed E-state index contributed by atoms with van der Waals surface area (Å²) in [6.45, 7) is 1.77. The van der Waals surface area contributed by atoms with Crippen molar-refractivity contribution in [3.63, 3.8) is 0 Å². The summed E-state index contributed by atoms with van der Waals surface area (Å²) in [6, 6.07) is 11.4. The van der Waals surface area contributed by atoms with Crippen molar-refractivity contribution >= 4 is 17.7 Å². The van der Waals surface area contributed by atoms with Gasteiger partial charge in [-0.2, -0.15) is 8.78 Å². The first-order valence-electron chi connectivity index (χ1n) is 9.99. The third-order valence-corrected chi connectivity index (χ3v) is 4.53. The smallest absolute Gasteiger partial charge is 0.414 e. The highest BCUT2D eigenvalue weighted by Gasteiger charge is 2.33. The number of amides is 2. The molecule has 0 bridgehead atoms.